The van der Waals surface area contributed by atoms with Crippen LogP contribution in [0.4, 0.5) is 0 Å². The fraction of sp³-hybridized carbons (Fsp3) is 0.754. The van der Waals surface area contributed by atoms with Crippen LogP contribution in [0.3, 0.4) is 0 Å². The second-order valence-corrected chi connectivity index (χ2v) is 23.5. The molecule has 0 amide bonds. The predicted octanol–water partition coefficient (Wildman–Crippen LogP) is 0.0528. The highest BCUT2D eigenvalue weighted by atomic mass is 16.1. The summed E-state index contributed by atoms with van der Waals surface area (Å²) in [5.74, 6) is 7.34. The van der Waals surface area contributed by atoms with E-state index in [0.29, 0.717) is 50.3 Å². The van der Waals surface area contributed by atoms with Crippen molar-refractivity contribution in [3.8, 4) is 11.8 Å². The van der Waals surface area contributed by atoms with Crippen LogP contribution in [0.15, 0.2) is 34.0 Å². The third-order valence-corrected chi connectivity index (χ3v) is 11.0. The largest absolute Gasteiger partial charge is 0.380 e. The van der Waals surface area contributed by atoms with Gasteiger partial charge in [-0.2, -0.15) is 0 Å². The Labute approximate surface area is 549 Å². The number of hydrogen-bond acceptors (Lipinski definition) is 12. The Morgan fingerprint density at radius 3 is 1.13 bits per heavy atom. The van der Waals surface area contributed by atoms with Gasteiger partial charge in [0, 0.05) is 66.3 Å². The maximum absolute atomic E-state index is 12.0. The van der Waals surface area contributed by atoms with Gasteiger partial charge in [-0.25, -0.2) is 4.99 Å². The average molecular weight is 1290 g/mol. The summed E-state index contributed by atoms with van der Waals surface area (Å²) >= 11 is 0. The molecule has 0 heterocycles. The lowest BCUT2D eigenvalue weighted by Crippen LogP contribution is -2.78. The summed E-state index contributed by atoms with van der Waals surface area (Å²) in [7, 11) is 0. The number of Topliss-reactive ketones (excluding diaryl/α,β-unsaturated/α-hetero) is 5. The first-order valence-corrected chi connectivity index (χ1v) is 30.0. The second-order valence-electron chi connectivity index (χ2n) is 23.5. The van der Waals surface area contributed by atoms with Gasteiger partial charge in [0.15, 0.2) is 40.8 Å². The highest BCUT2D eigenvalue weighted by molar-refractivity contribution is 5.96. The van der Waals surface area contributed by atoms with Crippen molar-refractivity contribution in [3.05, 3.63) is 24.0 Å². The second kappa shape index (κ2) is 62.6. The van der Waals surface area contributed by atoms with Crippen molar-refractivity contribution in [2.45, 2.75) is 269 Å². The molecule has 0 radical (unpaired) electrons. The molecule has 0 aromatic rings. The van der Waals surface area contributed by atoms with Crippen molar-refractivity contribution in [2.75, 3.05) is 26.2 Å². The number of aliphatic imine (C=N–C) groups is 2. The zero-order valence-corrected chi connectivity index (χ0v) is 56.1. The van der Waals surface area contributed by atoms with Crippen molar-refractivity contribution in [3.63, 3.8) is 0 Å². The number of carbonyl (C=O) groups excluding carboxylic acids is 5. The van der Waals surface area contributed by atoms with E-state index in [1.807, 2.05) is 151 Å². The summed E-state index contributed by atoms with van der Waals surface area (Å²) in [6.07, 6.45) is 9.94. The SMILES string of the molecule is C.C.C.C.C.CC(C)N/C(=C\CCN=C(N)N)C(=O)C(C)C.CC(C)NC(C#CCN=C(N)N)C(=O)C(C)C.CC(C)N[C@@H](C/C=C/[NH+]=C(N)N)C(=O)C(C)C.CC(C)N[C@@H](CCC[NH+]=C(N)N)C(=O)C(C)C.CC(C)N[C@@H](CCC[NH+]=C(N)N)C(=O)C(C)C. The molecule has 25 heteroatoms. The minimum Gasteiger partial charge on any atom is -0.380 e. The van der Waals surface area contributed by atoms with Crippen LogP contribution in [0, 0.1) is 41.4 Å². The minimum atomic E-state index is -0.454. The molecule has 0 aliphatic heterocycles. The van der Waals surface area contributed by atoms with E-state index in [1.165, 1.54) is 0 Å². The van der Waals surface area contributed by atoms with Crippen LogP contribution in [0.5, 0.6) is 0 Å². The molecule has 0 saturated carbocycles. The summed E-state index contributed by atoms with van der Waals surface area (Å²) in [5.41, 5.74) is 53.1. The number of allylic oxidation sites excluding steroid dienone is 1. The zero-order chi connectivity index (χ0) is 67.1. The van der Waals surface area contributed by atoms with Gasteiger partial charge in [0.25, 0.3) is 0 Å². The molecule has 28 N–H and O–H groups in total. The van der Waals surface area contributed by atoms with Crippen LogP contribution >= 0.6 is 0 Å². The number of nitrogens with one attached hydrogen (secondary N) is 8. The summed E-state index contributed by atoms with van der Waals surface area (Å²) in [5, 5.41) is 16.1. The van der Waals surface area contributed by atoms with Gasteiger partial charge in [0.2, 0.25) is 0 Å². The van der Waals surface area contributed by atoms with Crippen molar-refractivity contribution >= 4 is 58.7 Å². The van der Waals surface area contributed by atoms with Gasteiger partial charge in [-0.15, -0.1) is 0 Å². The van der Waals surface area contributed by atoms with Gasteiger partial charge in [-0.05, 0) is 66.2 Å². The lowest BCUT2D eigenvalue weighted by atomic mass is 9.97. The first kappa shape index (κ1) is 105. The molecular formula is C65H145N20O5+3. The standard InChI is InChI=1S/2C12H26N4O.2C12H24N4O.C12H22N4O.5CH4/c5*1-8(2)11(17)10(16-9(3)4)6-5-7-15-12(13)14;;;;;/h2*8-10,16H,5-7H2,1-4H3,(H4,13,14,15);6,8-9,16H,5,7H2,1-4H3,(H4,13,14,15);5,7-10,16H,6H2,1-4H3,(H4,13,14,15);8-10,16H,7H2,1-4H3,(H4,13,14,15);5*1H4/p+3/b;;10-6-;7-5+;;;;;;/t2*10-;;10-;;;;;;/m00.0....../s1. The molecular weight excluding hydrogens is 1140 g/mol. The Morgan fingerprint density at radius 1 is 0.456 bits per heavy atom. The number of rotatable bonds is 35. The van der Waals surface area contributed by atoms with Crippen LogP contribution in [-0.2, 0) is 24.0 Å². The van der Waals surface area contributed by atoms with Gasteiger partial charge < -0.3 is 44.2 Å². The molecule has 0 aromatic heterocycles. The van der Waals surface area contributed by atoms with Gasteiger partial charge in [0.1, 0.15) is 12.6 Å². The normalized spacial score (nSPS) is 11.8. The maximum Gasteiger partial charge on any atom is 0.343 e. The molecule has 90 heavy (non-hydrogen) atoms. The third kappa shape index (κ3) is 67.3. The Bertz CT molecular complexity index is 2080. The molecule has 4 atom stereocenters. The molecule has 0 bridgehead atoms. The Morgan fingerprint density at radius 2 is 0.822 bits per heavy atom. The van der Waals surface area contributed by atoms with Crippen molar-refractivity contribution < 1.29 is 38.9 Å². The smallest absolute Gasteiger partial charge is 0.343 e. The van der Waals surface area contributed by atoms with E-state index in [-0.39, 0.29) is 168 Å². The topological polar surface area (TPSA) is 472 Å². The maximum atomic E-state index is 12.0. The first-order chi connectivity index (χ1) is 39.2. The molecule has 25 nitrogen and oxygen atoms in total. The van der Waals surface area contributed by atoms with Gasteiger partial charge in [-0.1, -0.05) is 172 Å². The zero-order valence-electron chi connectivity index (χ0n) is 56.1. The molecule has 532 valence electrons. The van der Waals surface area contributed by atoms with E-state index >= 15 is 0 Å². The molecule has 0 spiro atoms. The molecule has 0 rings (SSSR count). The first-order valence-electron chi connectivity index (χ1n) is 30.0. The van der Waals surface area contributed by atoms with Crippen molar-refractivity contribution in [2.24, 2.45) is 96.9 Å². The van der Waals surface area contributed by atoms with E-state index in [1.54, 1.807) is 6.20 Å². The Kier molecular flexibility index (Phi) is 73.1. The highest BCUT2D eigenvalue weighted by Gasteiger charge is 2.24. The van der Waals surface area contributed by atoms with Crippen LogP contribution < -0.4 is 98.9 Å². The minimum absolute atomic E-state index is 0. The number of carbonyl (C=O) groups is 5. The Hall–Kier alpha value is -6.62. The molecule has 0 aliphatic carbocycles. The van der Waals surface area contributed by atoms with Crippen molar-refractivity contribution in [1.29, 1.82) is 0 Å². The van der Waals surface area contributed by atoms with E-state index in [4.69, 9.17) is 57.3 Å². The summed E-state index contributed by atoms with van der Waals surface area (Å²) in [4.78, 5) is 75.6. The fourth-order valence-electron chi connectivity index (χ4n) is 7.13. The lowest BCUT2D eigenvalue weighted by molar-refractivity contribution is -0.460. The predicted molar refractivity (Wildman–Crippen MR) is 386 cm³/mol. The van der Waals surface area contributed by atoms with Crippen LogP contribution in [0.1, 0.15) is 214 Å². The monoisotopic (exact) mass is 1290 g/mol. The lowest BCUT2D eigenvalue weighted by Gasteiger charge is -2.21. The number of ketones is 5. The van der Waals surface area contributed by atoms with E-state index < -0.39 is 6.04 Å². The van der Waals surface area contributed by atoms with Crippen LogP contribution in [0.25, 0.3) is 0 Å². The molecule has 0 aliphatic rings. The van der Waals surface area contributed by atoms with E-state index in [9.17, 15) is 24.0 Å². The van der Waals surface area contributed by atoms with E-state index in [2.05, 4.69) is 63.4 Å². The summed E-state index contributed by atoms with van der Waals surface area (Å²) < 4.78 is 0. The van der Waals surface area contributed by atoms with Crippen LogP contribution in [-0.4, -0.2) is 139 Å². The highest BCUT2D eigenvalue weighted by Crippen LogP contribution is 2.10. The summed E-state index contributed by atoms with van der Waals surface area (Å²) in [6, 6.07) is 0.550. The fourth-order valence-corrected chi connectivity index (χ4v) is 7.13. The molecule has 0 saturated heterocycles. The number of nitrogens with two attached hydrogens (primary N) is 10. The number of guanidine groups is 5. The van der Waals surface area contributed by atoms with Gasteiger partial charge in [-0.3, -0.25) is 83.7 Å². The van der Waals surface area contributed by atoms with Gasteiger partial charge >= 0.3 is 17.9 Å². The Balaban J connectivity index is -0.000000110. The molecule has 1 unspecified atom stereocenters. The number of nitrogens with zero attached hydrogens (tertiary/aromatic N) is 2. The van der Waals surface area contributed by atoms with Gasteiger partial charge in [0.05, 0.1) is 43.1 Å². The summed E-state index contributed by atoms with van der Waals surface area (Å²) in [6.45, 7) is 41.3. The number of hydrogen-bond donors (Lipinski definition) is 18. The molecule has 0 aromatic carbocycles. The third-order valence-electron chi connectivity index (χ3n) is 11.0. The molecule has 0 fully saturated rings. The van der Waals surface area contributed by atoms with Crippen LogP contribution in [0.2, 0.25) is 0 Å². The van der Waals surface area contributed by atoms with E-state index in [0.717, 1.165) is 25.7 Å². The van der Waals surface area contributed by atoms with Crippen molar-refractivity contribution in [1.82, 2.24) is 26.6 Å². The quantitative estimate of drug-likeness (QED) is 0.0131. The average Bonchev–Trinajstić information content (AvgIpc) is 3.37.